The van der Waals surface area contributed by atoms with E-state index in [1.54, 1.807) is 35.9 Å². The van der Waals surface area contributed by atoms with Crippen molar-refractivity contribution in [2.24, 2.45) is 0 Å². The highest BCUT2D eigenvalue weighted by molar-refractivity contribution is 5.97. The van der Waals surface area contributed by atoms with Gasteiger partial charge in [0, 0.05) is 52.2 Å². The predicted molar refractivity (Wildman–Crippen MR) is 110 cm³/mol. The second-order valence-electron chi connectivity index (χ2n) is 7.62. The van der Waals surface area contributed by atoms with Gasteiger partial charge in [-0.3, -0.25) is 14.3 Å². The molecule has 1 aromatic heterocycles. The van der Waals surface area contributed by atoms with E-state index in [4.69, 9.17) is 5.26 Å². The van der Waals surface area contributed by atoms with Crippen molar-refractivity contribution in [1.29, 1.82) is 5.26 Å². The molecule has 1 aromatic carbocycles. The lowest BCUT2D eigenvalue weighted by Crippen LogP contribution is -2.60. The number of alkyl halides is 3. The number of rotatable bonds is 4. The Hall–Kier alpha value is -3.55. The molecule has 2 heterocycles. The summed E-state index contributed by atoms with van der Waals surface area (Å²) >= 11 is 0. The van der Waals surface area contributed by atoms with Gasteiger partial charge in [-0.05, 0) is 25.1 Å². The monoisotopic (exact) mass is 448 g/mol. The molecule has 0 aliphatic carbocycles. The molecule has 1 saturated heterocycles. The molecule has 1 atom stereocenters. The van der Waals surface area contributed by atoms with Crippen LogP contribution in [0, 0.1) is 11.3 Å². The van der Waals surface area contributed by atoms with E-state index in [9.17, 15) is 22.8 Å². The van der Waals surface area contributed by atoms with Crippen molar-refractivity contribution in [3.8, 4) is 6.07 Å². The molecule has 1 aliphatic heterocycles. The van der Waals surface area contributed by atoms with Crippen molar-refractivity contribution < 1.29 is 22.8 Å². The number of carbonyl (C=O) groups is 2. The minimum Gasteiger partial charge on any atom is -0.367 e. The number of likely N-dealkylation sites (N-methyl/N-ethyl adjacent to an activating group) is 1. The molecule has 0 spiro atoms. The first-order valence-corrected chi connectivity index (χ1v) is 9.97. The molecule has 8 nitrogen and oxygen atoms in total. The summed E-state index contributed by atoms with van der Waals surface area (Å²) in [5.41, 5.74) is -0.921. The zero-order valence-corrected chi connectivity index (χ0v) is 17.9. The Bertz CT molecular complexity index is 1060. The Morgan fingerprint density at radius 3 is 2.56 bits per heavy atom. The maximum atomic E-state index is 13.4. The number of anilines is 1. The van der Waals surface area contributed by atoms with E-state index >= 15 is 0 Å². The zero-order chi connectivity index (χ0) is 23.6. The highest BCUT2D eigenvalue weighted by Gasteiger charge is 2.38. The van der Waals surface area contributed by atoms with Crippen LogP contribution in [0.4, 0.5) is 18.9 Å². The van der Waals surface area contributed by atoms with Crippen LogP contribution in [0.15, 0.2) is 30.6 Å². The average molecular weight is 448 g/mol. The Morgan fingerprint density at radius 2 is 2.00 bits per heavy atom. The van der Waals surface area contributed by atoms with E-state index in [2.05, 4.69) is 5.10 Å². The minimum atomic E-state index is -4.68. The maximum absolute atomic E-state index is 13.4. The SMILES string of the molecule is CCn1cc(C(=O)N2CCN(c3ccc(C#N)c(C(F)(F)F)c3)CC2C(=O)N(C)C)cn1. The van der Waals surface area contributed by atoms with Gasteiger partial charge in [0.2, 0.25) is 5.91 Å². The second kappa shape index (κ2) is 8.90. The third kappa shape index (κ3) is 4.54. The third-order valence-electron chi connectivity index (χ3n) is 5.37. The molecule has 3 rings (SSSR count). The average Bonchev–Trinajstić information content (AvgIpc) is 3.26. The molecular weight excluding hydrogens is 425 g/mol. The van der Waals surface area contributed by atoms with Crippen molar-refractivity contribution >= 4 is 17.5 Å². The Morgan fingerprint density at radius 1 is 1.28 bits per heavy atom. The molecule has 32 heavy (non-hydrogen) atoms. The summed E-state index contributed by atoms with van der Waals surface area (Å²) in [6.07, 6.45) is -1.65. The molecule has 2 aromatic rings. The molecule has 0 N–H and O–H groups in total. The lowest BCUT2D eigenvalue weighted by atomic mass is 10.0. The van der Waals surface area contributed by atoms with Gasteiger partial charge < -0.3 is 14.7 Å². The number of amides is 2. The largest absolute Gasteiger partial charge is 0.417 e. The first-order valence-electron chi connectivity index (χ1n) is 9.97. The smallest absolute Gasteiger partial charge is 0.367 e. The number of hydrogen-bond donors (Lipinski definition) is 0. The number of aromatic nitrogens is 2. The number of halogens is 3. The van der Waals surface area contributed by atoms with Crippen LogP contribution in [-0.2, 0) is 17.5 Å². The Balaban J connectivity index is 1.92. The summed E-state index contributed by atoms with van der Waals surface area (Å²) < 4.78 is 41.8. The highest BCUT2D eigenvalue weighted by atomic mass is 19.4. The van der Waals surface area contributed by atoms with E-state index in [0.717, 1.165) is 12.1 Å². The standard InChI is InChI=1S/C21H23F3N6O2/c1-4-29-12-15(11-26-29)19(31)30-8-7-28(13-18(30)20(32)27(2)3)16-6-5-14(10-25)17(9-16)21(22,23)24/h5-6,9,11-12,18H,4,7-8,13H2,1-3H3. The highest BCUT2D eigenvalue weighted by Crippen LogP contribution is 2.35. The number of piperazine rings is 1. The molecule has 1 aliphatic rings. The molecule has 2 amide bonds. The van der Waals surface area contributed by atoms with Gasteiger partial charge in [0.25, 0.3) is 5.91 Å². The van der Waals surface area contributed by atoms with Crippen molar-refractivity contribution in [2.45, 2.75) is 25.7 Å². The lowest BCUT2D eigenvalue weighted by Gasteiger charge is -2.42. The number of aryl methyl sites for hydroxylation is 1. The van der Waals surface area contributed by atoms with Gasteiger partial charge in [0.15, 0.2) is 0 Å². The number of hydrogen-bond acceptors (Lipinski definition) is 5. The van der Waals surface area contributed by atoms with Crippen LogP contribution in [0.5, 0.6) is 0 Å². The van der Waals surface area contributed by atoms with Crippen molar-refractivity contribution in [1.82, 2.24) is 19.6 Å². The number of benzene rings is 1. The van der Waals surface area contributed by atoms with Gasteiger partial charge in [-0.15, -0.1) is 0 Å². The minimum absolute atomic E-state index is 0.0217. The van der Waals surface area contributed by atoms with E-state index in [-0.39, 0.29) is 37.1 Å². The molecule has 0 radical (unpaired) electrons. The Labute approximate surface area is 183 Å². The molecule has 0 bridgehead atoms. The van der Waals surface area contributed by atoms with Gasteiger partial charge in [-0.2, -0.15) is 23.5 Å². The van der Waals surface area contributed by atoms with Crippen LogP contribution in [-0.4, -0.2) is 71.2 Å². The van der Waals surface area contributed by atoms with E-state index in [1.165, 1.54) is 22.1 Å². The lowest BCUT2D eigenvalue weighted by molar-refractivity contribution is -0.138. The zero-order valence-electron chi connectivity index (χ0n) is 17.9. The molecular formula is C21H23F3N6O2. The summed E-state index contributed by atoms with van der Waals surface area (Å²) in [5.74, 6) is -0.698. The van der Waals surface area contributed by atoms with Crippen LogP contribution in [0.1, 0.15) is 28.4 Å². The first-order chi connectivity index (χ1) is 15.1. The fourth-order valence-corrected chi connectivity index (χ4v) is 3.64. The molecule has 1 unspecified atom stereocenters. The maximum Gasteiger partial charge on any atom is 0.417 e. The van der Waals surface area contributed by atoms with Gasteiger partial charge in [-0.25, -0.2) is 0 Å². The summed E-state index contributed by atoms with van der Waals surface area (Å²) in [5, 5.41) is 13.1. The van der Waals surface area contributed by atoms with Crippen LogP contribution in [0.25, 0.3) is 0 Å². The van der Waals surface area contributed by atoms with Gasteiger partial charge in [0.05, 0.1) is 29.0 Å². The van der Waals surface area contributed by atoms with Crippen LogP contribution in [0.2, 0.25) is 0 Å². The number of nitrogens with zero attached hydrogens (tertiary/aromatic N) is 6. The van der Waals surface area contributed by atoms with Gasteiger partial charge in [-0.1, -0.05) is 0 Å². The summed E-state index contributed by atoms with van der Waals surface area (Å²) in [6.45, 7) is 2.86. The summed E-state index contributed by atoms with van der Waals surface area (Å²) in [4.78, 5) is 30.4. The van der Waals surface area contributed by atoms with Gasteiger partial charge >= 0.3 is 6.18 Å². The normalized spacial score (nSPS) is 16.6. The van der Waals surface area contributed by atoms with Crippen LogP contribution in [0.3, 0.4) is 0 Å². The van der Waals surface area contributed by atoms with E-state index in [0.29, 0.717) is 12.1 Å². The quantitative estimate of drug-likeness (QED) is 0.716. The predicted octanol–water partition coefficient (Wildman–Crippen LogP) is 2.21. The fourth-order valence-electron chi connectivity index (χ4n) is 3.64. The molecule has 1 fully saturated rings. The van der Waals surface area contributed by atoms with Gasteiger partial charge in [0.1, 0.15) is 6.04 Å². The molecule has 170 valence electrons. The van der Waals surface area contributed by atoms with Crippen LogP contribution < -0.4 is 4.90 Å². The molecule has 11 heteroatoms. The van der Waals surface area contributed by atoms with Crippen LogP contribution >= 0.6 is 0 Å². The Kier molecular flexibility index (Phi) is 6.43. The van der Waals surface area contributed by atoms with E-state index in [1.807, 2.05) is 6.92 Å². The summed E-state index contributed by atoms with van der Waals surface area (Å²) in [6, 6.07) is 4.14. The fraction of sp³-hybridized carbons (Fsp3) is 0.429. The third-order valence-corrected chi connectivity index (χ3v) is 5.37. The van der Waals surface area contributed by atoms with E-state index < -0.39 is 23.3 Å². The summed E-state index contributed by atoms with van der Waals surface area (Å²) in [7, 11) is 3.12. The molecule has 0 saturated carbocycles. The van der Waals surface area contributed by atoms with Crippen molar-refractivity contribution in [3.63, 3.8) is 0 Å². The first kappa shape index (κ1) is 23.1. The number of nitriles is 1. The second-order valence-corrected chi connectivity index (χ2v) is 7.62. The van der Waals surface area contributed by atoms with Crippen molar-refractivity contribution in [2.75, 3.05) is 38.6 Å². The topological polar surface area (TPSA) is 85.5 Å². The van der Waals surface area contributed by atoms with Crippen molar-refractivity contribution in [3.05, 3.63) is 47.3 Å². The number of carbonyl (C=O) groups excluding carboxylic acids is 2.